The molecule has 0 radical (unpaired) electrons. The molecule has 0 aliphatic heterocycles. The first-order valence-corrected chi connectivity index (χ1v) is 5.59. The van der Waals surface area contributed by atoms with Gasteiger partial charge >= 0.3 is 6.18 Å². The molecule has 0 aliphatic carbocycles. The zero-order chi connectivity index (χ0) is 15.1. The summed E-state index contributed by atoms with van der Waals surface area (Å²) >= 11 is 0. The number of rotatable bonds is 2. The minimum Gasteiger partial charge on any atom is -0.337 e. The third kappa shape index (κ3) is 2.38. The highest BCUT2D eigenvalue weighted by molar-refractivity contribution is 5.59. The van der Waals surface area contributed by atoms with E-state index in [1.807, 2.05) is 0 Å². The van der Waals surface area contributed by atoms with Crippen LogP contribution >= 0.6 is 0 Å². The minimum absolute atomic E-state index is 0.0709. The molecule has 1 aromatic carbocycles. The number of aromatic nitrogens is 2. The Labute approximate surface area is 111 Å². The first-order chi connectivity index (χ1) is 9.13. The van der Waals surface area contributed by atoms with Gasteiger partial charge < -0.3 is 10.3 Å². The van der Waals surface area contributed by atoms with Crippen molar-refractivity contribution in [1.82, 2.24) is 10.1 Å². The van der Waals surface area contributed by atoms with Gasteiger partial charge in [-0.1, -0.05) is 5.16 Å². The number of aryl methyl sites for hydroxylation is 1. The van der Waals surface area contributed by atoms with E-state index >= 15 is 0 Å². The van der Waals surface area contributed by atoms with Gasteiger partial charge in [0.1, 0.15) is 5.82 Å². The highest BCUT2D eigenvalue weighted by atomic mass is 19.4. The fourth-order valence-electron chi connectivity index (χ4n) is 1.54. The van der Waals surface area contributed by atoms with Crippen LogP contribution in [0.2, 0.25) is 0 Å². The average molecular weight is 289 g/mol. The van der Waals surface area contributed by atoms with Crippen LogP contribution in [-0.2, 0) is 5.54 Å². The van der Waals surface area contributed by atoms with Crippen LogP contribution in [0, 0.1) is 12.7 Å². The summed E-state index contributed by atoms with van der Waals surface area (Å²) in [5.41, 5.74) is 3.29. The molecule has 2 rings (SSSR count). The standard InChI is InChI=1S/C12H11F4N3O/c1-6-5-7(13)3-4-8(6)9-18-10(20-19-9)11(2,17)12(14,15)16/h3-5H,17H2,1-2H3. The van der Waals surface area contributed by atoms with Crippen LogP contribution in [0.5, 0.6) is 0 Å². The van der Waals surface area contributed by atoms with E-state index in [0.29, 0.717) is 11.1 Å². The summed E-state index contributed by atoms with van der Waals surface area (Å²) in [6.07, 6.45) is -4.73. The molecule has 4 nitrogen and oxygen atoms in total. The molecule has 108 valence electrons. The molecule has 1 atom stereocenters. The Morgan fingerprint density at radius 1 is 1.25 bits per heavy atom. The predicted molar refractivity (Wildman–Crippen MR) is 62.0 cm³/mol. The second-order valence-corrected chi connectivity index (χ2v) is 4.58. The van der Waals surface area contributed by atoms with E-state index in [-0.39, 0.29) is 5.82 Å². The average Bonchev–Trinajstić information content (AvgIpc) is 2.77. The van der Waals surface area contributed by atoms with Gasteiger partial charge in [0.2, 0.25) is 5.82 Å². The summed E-state index contributed by atoms with van der Waals surface area (Å²) < 4.78 is 55.9. The third-order valence-corrected chi connectivity index (χ3v) is 2.89. The van der Waals surface area contributed by atoms with E-state index < -0.39 is 23.4 Å². The lowest BCUT2D eigenvalue weighted by Gasteiger charge is -2.22. The van der Waals surface area contributed by atoms with Gasteiger partial charge in [-0.05, 0) is 37.6 Å². The van der Waals surface area contributed by atoms with Crippen molar-refractivity contribution in [1.29, 1.82) is 0 Å². The molecular weight excluding hydrogens is 278 g/mol. The first kappa shape index (κ1) is 14.4. The van der Waals surface area contributed by atoms with Crippen molar-refractivity contribution < 1.29 is 22.1 Å². The van der Waals surface area contributed by atoms with Crippen LogP contribution in [-0.4, -0.2) is 16.3 Å². The van der Waals surface area contributed by atoms with E-state index in [9.17, 15) is 17.6 Å². The molecule has 2 aromatic rings. The van der Waals surface area contributed by atoms with E-state index in [4.69, 9.17) is 5.73 Å². The molecule has 1 heterocycles. The Hall–Kier alpha value is -1.96. The van der Waals surface area contributed by atoms with Crippen molar-refractivity contribution in [3.63, 3.8) is 0 Å². The summed E-state index contributed by atoms with van der Waals surface area (Å²) in [5, 5.41) is 3.47. The van der Waals surface area contributed by atoms with E-state index in [1.54, 1.807) is 6.92 Å². The number of alkyl halides is 3. The SMILES string of the molecule is Cc1cc(F)ccc1-c1noc(C(C)(N)C(F)(F)F)n1. The number of hydrogen-bond donors (Lipinski definition) is 1. The highest BCUT2D eigenvalue weighted by Crippen LogP contribution is 2.36. The molecular formula is C12H11F4N3O. The van der Waals surface area contributed by atoms with Gasteiger partial charge in [0, 0.05) is 5.56 Å². The molecule has 20 heavy (non-hydrogen) atoms. The summed E-state index contributed by atoms with van der Waals surface area (Å²) in [6.45, 7) is 2.32. The molecule has 0 saturated heterocycles. The molecule has 0 spiro atoms. The molecule has 1 aromatic heterocycles. The second kappa shape index (κ2) is 4.55. The van der Waals surface area contributed by atoms with Crippen molar-refractivity contribution in [3.05, 3.63) is 35.5 Å². The summed E-state index contributed by atoms with van der Waals surface area (Å²) in [6, 6.07) is 3.74. The normalized spacial score (nSPS) is 15.2. The van der Waals surface area contributed by atoms with Crippen molar-refractivity contribution in [2.75, 3.05) is 0 Å². The molecule has 0 fully saturated rings. The van der Waals surface area contributed by atoms with E-state index in [2.05, 4.69) is 14.7 Å². The number of halogens is 4. The van der Waals surface area contributed by atoms with E-state index in [1.165, 1.54) is 12.1 Å². The van der Waals surface area contributed by atoms with Crippen LogP contribution < -0.4 is 5.73 Å². The van der Waals surface area contributed by atoms with Crippen LogP contribution in [0.25, 0.3) is 11.4 Å². The monoisotopic (exact) mass is 289 g/mol. The molecule has 0 bridgehead atoms. The van der Waals surface area contributed by atoms with Crippen LogP contribution in [0.15, 0.2) is 22.7 Å². The molecule has 8 heteroatoms. The van der Waals surface area contributed by atoms with Crippen molar-refractivity contribution in [2.24, 2.45) is 5.73 Å². The van der Waals surface area contributed by atoms with Crippen LogP contribution in [0.1, 0.15) is 18.4 Å². The van der Waals surface area contributed by atoms with Crippen molar-refractivity contribution in [3.8, 4) is 11.4 Å². The Morgan fingerprint density at radius 2 is 1.90 bits per heavy atom. The topological polar surface area (TPSA) is 64.9 Å². The quantitative estimate of drug-likeness (QED) is 0.863. The Bertz CT molecular complexity index is 634. The maximum absolute atomic E-state index is 13.0. The molecule has 0 saturated carbocycles. The maximum Gasteiger partial charge on any atom is 0.415 e. The number of nitrogens with zero attached hydrogens (tertiary/aromatic N) is 2. The van der Waals surface area contributed by atoms with Gasteiger partial charge in [0.05, 0.1) is 0 Å². The number of nitrogens with two attached hydrogens (primary N) is 1. The first-order valence-electron chi connectivity index (χ1n) is 5.59. The Morgan fingerprint density at radius 3 is 2.45 bits per heavy atom. The minimum atomic E-state index is -4.73. The van der Waals surface area contributed by atoms with Gasteiger partial charge in [0.15, 0.2) is 5.54 Å². The Balaban J connectivity index is 2.44. The molecule has 1 unspecified atom stereocenters. The fourth-order valence-corrected chi connectivity index (χ4v) is 1.54. The van der Waals surface area contributed by atoms with Gasteiger partial charge in [0.25, 0.3) is 5.89 Å². The lowest BCUT2D eigenvalue weighted by Crippen LogP contribution is -2.47. The number of benzene rings is 1. The lowest BCUT2D eigenvalue weighted by molar-refractivity contribution is -0.190. The molecule has 0 amide bonds. The summed E-state index contributed by atoms with van der Waals surface area (Å²) in [7, 11) is 0. The van der Waals surface area contributed by atoms with Gasteiger partial charge in [-0.3, -0.25) is 0 Å². The van der Waals surface area contributed by atoms with Crippen LogP contribution in [0.3, 0.4) is 0 Å². The van der Waals surface area contributed by atoms with Crippen molar-refractivity contribution >= 4 is 0 Å². The third-order valence-electron chi connectivity index (χ3n) is 2.89. The maximum atomic E-state index is 13.0. The summed E-state index contributed by atoms with van der Waals surface area (Å²) in [5.74, 6) is -1.28. The molecule has 0 aliphatic rings. The van der Waals surface area contributed by atoms with Crippen LogP contribution in [0.4, 0.5) is 17.6 Å². The Kier molecular flexibility index (Phi) is 3.29. The zero-order valence-electron chi connectivity index (χ0n) is 10.6. The lowest BCUT2D eigenvalue weighted by atomic mass is 10.0. The zero-order valence-corrected chi connectivity index (χ0v) is 10.6. The van der Waals surface area contributed by atoms with Gasteiger partial charge in [-0.25, -0.2) is 4.39 Å². The van der Waals surface area contributed by atoms with E-state index in [0.717, 1.165) is 13.0 Å². The largest absolute Gasteiger partial charge is 0.415 e. The molecule has 2 N–H and O–H groups in total. The van der Waals surface area contributed by atoms with Crippen molar-refractivity contribution in [2.45, 2.75) is 25.6 Å². The second-order valence-electron chi connectivity index (χ2n) is 4.58. The summed E-state index contributed by atoms with van der Waals surface area (Å²) in [4.78, 5) is 3.66. The fraction of sp³-hybridized carbons (Fsp3) is 0.333. The van der Waals surface area contributed by atoms with Gasteiger partial charge in [-0.15, -0.1) is 0 Å². The van der Waals surface area contributed by atoms with Gasteiger partial charge in [-0.2, -0.15) is 18.2 Å². The highest BCUT2D eigenvalue weighted by Gasteiger charge is 2.53. The number of hydrogen-bond acceptors (Lipinski definition) is 4. The smallest absolute Gasteiger partial charge is 0.337 e. The predicted octanol–water partition coefficient (Wildman–Crippen LogP) is 2.92.